The number of rotatable bonds is 24. The summed E-state index contributed by atoms with van der Waals surface area (Å²) in [4.78, 5) is 25.4. The van der Waals surface area contributed by atoms with E-state index in [9.17, 15) is 25.9 Å². The van der Waals surface area contributed by atoms with Crippen molar-refractivity contribution >= 4 is 67.3 Å². The Morgan fingerprint density at radius 2 is 0.900 bits per heavy atom. The summed E-state index contributed by atoms with van der Waals surface area (Å²) in [6.07, 6.45) is 0. The van der Waals surface area contributed by atoms with E-state index in [1.54, 1.807) is 24.3 Å². The Balaban J connectivity index is 0.00000625. The first-order chi connectivity index (χ1) is 22.9. The van der Waals surface area contributed by atoms with Gasteiger partial charge in [-0.25, -0.2) is 16.8 Å². The maximum atomic E-state index is 11.0. The van der Waals surface area contributed by atoms with Gasteiger partial charge < -0.3 is 60.7 Å². The van der Waals surface area contributed by atoms with Gasteiger partial charge in [0.05, 0.1) is 71.4 Å². The number of benzene rings is 1. The van der Waals surface area contributed by atoms with Crippen LogP contribution in [0.15, 0.2) is 24.3 Å². The SMILES string of the molecule is O=S(=O)([O-])CCNc1nc(NCCOCCO)nc(Nc2cccc(Nc3nc(NCCOCCO)nc(NCCS(=O)(=O)[O-])n3)c2)n1.[Na+].[Na+]. The number of hydrogen-bond acceptors (Lipinski definition) is 22. The van der Waals surface area contributed by atoms with E-state index in [1.165, 1.54) is 0 Å². The number of ether oxygens (including phenoxy) is 2. The normalized spacial score (nSPS) is 11.1. The largest absolute Gasteiger partial charge is 1.00 e. The van der Waals surface area contributed by atoms with Gasteiger partial charge in [0.15, 0.2) is 0 Å². The number of anilines is 8. The molecule has 2 aromatic heterocycles. The molecule has 0 saturated heterocycles. The van der Waals surface area contributed by atoms with Crippen molar-refractivity contribution in [2.45, 2.75) is 0 Å². The Labute approximate surface area is 332 Å². The second-order valence-corrected chi connectivity index (χ2v) is 12.4. The van der Waals surface area contributed by atoms with Crippen molar-refractivity contribution in [3.63, 3.8) is 0 Å². The number of nitrogens with one attached hydrogen (secondary N) is 6. The summed E-state index contributed by atoms with van der Waals surface area (Å²) >= 11 is 0. The van der Waals surface area contributed by atoms with Crippen LogP contribution in [0.3, 0.4) is 0 Å². The molecule has 0 atom stereocenters. The molecule has 266 valence electrons. The standard InChI is InChI=1S/C24H38N12O10S2.2Na/c37-8-12-45-10-4-25-19-31-21(27-6-14-47(39,40)41)35-23(33-19)29-17-2-1-3-18(16-17)30-24-34-20(26-5-11-46-13-9-38)32-22(36-24)28-7-15-48(42,43)44;;/h1-3,16,37-38H,4-15H2,(H,39,40,41)(H,42,43,44)(H3,25,27,29,31,33,35)(H3,26,28,30,32,34,36);;/q;2*+1/p-2. The fraction of sp³-hybridized carbons (Fsp3) is 0.500. The predicted molar refractivity (Wildman–Crippen MR) is 172 cm³/mol. The van der Waals surface area contributed by atoms with Crippen molar-refractivity contribution in [1.29, 1.82) is 0 Å². The molecule has 0 bridgehead atoms. The Kier molecular flexibility index (Phi) is 22.0. The number of aliphatic hydroxyl groups excluding tert-OH is 2. The van der Waals surface area contributed by atoms with Crippen LogP contribution in [0, 0.1) is 0 Å². The van der Waals surface area contributed by atoms with E-state index < -0.39 is 31.7 Å². The van der Waals surface area contributed by atoms with Crippen LogP contribution in [-0.4, -0.2) is 143 Å². The summed E-state index contributed by atoms with van der Waals surface area (Å²) in [7, 11) is -8.95. The molecule has 0 aliphatic carbocycles. The van der Waals surface area contributed by atoms with Crippen LogP contribution >= 0.6 is 0 Å². The second-order valence-electron chi connectivity index (χ2n) is 9.35. The molecule has 1 aromatic carbocycles. The van der Waals surface area contributed by atoms with Gasteiger partial charge >= 0.3 is 59.1 Å². The van der Waals surface area contributed by atoms with Gasteiger partial charge in [-0.05, 0) is 18.2 Å². The third kappa shape index (κ3) is 19.9. The molecule has 0 spiro atoms. The Bertz CT molecular complexity index is 1550. The van der Waals surface area contributed by atoms with E-state index in [1.807, 2.05) is 0 Å². The fourth-order valence-electron chi connectivity index (χ4n) is 3.49. The molecule has 0 aliphatic rings. The molecule has 0 fully saturated rings. The van der Waals surface area contributed by atoms with Crippen molar-refractivity contribution in [3.8, 4) is 0 Å². The van der Waals surface area contributed by atoms with Crippen LogP contribution in [0.2, 0.25) is 0 Å². The maximum Gasteiger partial charge on any atom is 1.00 e. The van der Waals surface area contributed by atoms with Crippen LogP contribution < -0.4 is 91.0 Å². The molecule has 0 radical (unpaired) electrons. The van der Waals surface area contributed by atoms with E-state index >= 15 is 0 Å². The summed E-state index contributed by atoms with van der Waals surface area (Å²) in [5, 5.41) is 35.0. The molecule has 3 rings (SSSR count). The zero-order valence-electron chi connectivity index (χ0n) is 27.5. The van der Waals surface area contributed by atoms with Gasteiger partial charge in [-0.2, -0.15) is 29.9 Å². The minimum absolute atomic E-state index is 0. The zero-order valence-corrected chi connectivity index (χ0v) is 33.1. The van der Waals surface area contributed by atoms with Gasteiger partial charge in [0.2, 0.25) is 35.7 Å². The quantitative estimate of drug-likeness (QED) is 0.0239. The van der Waals surface area contributed by atoms with Gasteiger partial charge in [0, 0.05) is 37.6 Å². The summed E-state index contributed by atoms with van der Waals surface area (Å²) in [5.74, 6) is -1.06. The second kappa shape index (κ2) is 24.0. The maximum absolute atomic E-state index is 11.0. The average Bonchev–Trinajstić information content (AvgIpc) is 3.00. The minimum Gasteiger partial charge on any atom is -0.748 e. The summed E-state index contributed by atoms with van der Waals surface area (Å²) in [6, 6.07) is 6.75. The molecule has 50 heavy (non-hydrogen) atoms. The molecular formula is C24H36N12Na2O10S2. The number of nitrogens with zero attached hydrogens (tertiary/aromatic N) is 6. The van der Waals surface area contributed by atoms with Gasteiger partial charge in [0.25, 0.3) is 0 Å². The predicted octanol–water partition coefficient (Wildman–Crippen LogP) is -7.69. The fourth-order valence-corrected chi connectivity index (χ4v) is 4.20. The minimum atomic E-state index is -4.47. The molecule has 0 saturated carbocycles. The Morgan fingerprint density at radius 1 is 0.560 bits per heavy atom. The third-order valence-corrected chi connectivity index (χ3v) is 6.85. The van der Waals surface area contributed by atoms with Crippen molar-refractivity contribution in [1.82, 2.24) is 29.9 Å². The molecular weight excluding hydrogens is 726 g/mol. The van der Waals surface area contributed by atoms with E-state index in [0.717, 1.165) is 0 Å². The molecule has 2 heterocycles. The molecule has 8 N–H and O–H groups in total. The monoisotopic (exact) mass is 762 g/mol. The topological polar surface area (TPSA) is 323 Å². The van der Waals surface area contributed by atoms with E-state index in [-0.39, 0.29) is 161 Å². The average molecular weight is 763 g/mol. The first-order valence-corrected chi connectivity index (χ1v) is 17.4. The first-order valence-electron chi connectivity index (χ1n) is 14.3. The molecule has 22 nitrogen and oxygen atoms in total. The van der Waals surface area contributed by atoms with Crippen molar-refractivity contribution in [2.24, 2.45) is 0 Å². The van der Waals surface area contributed by atoms with E-state index in [0.29, 0.717) is 11.4 Å². The Hall–Kier alpha value is -2.30. The number of aliphatic hydroxyl groups is 2. The molecule has 3 aromatic rings. The molecule has 26 heteroatoms. The zero-order chi connectivity index (χ0) is 34.8. The Morgan fingerprint density at radius 3 is 1.24 bits per heavy atom. The molecule has 0 amide bonds. The van der Waals surface area contributed by atoms with Gasteiger partial charge in [-0.1, -0.05) is 6.07 Å². The smallest absolute Gasteiger partial charge is 0.748 e. The molecule has 0 aliphatic heterocycles. The van der Waals surface area contributed by atoms with E-state index in [4.69, 9.17) is 19.7 Å². The van der Waals surface area contributed by atoms with Crippen LogP contribution in [0.4, 0.5) is 47.1 Å². The van der Waals surface area contributed by atoms with E-state index in [2.05, 4.69) is 61.8 Å². The summed E-state index contributed by atoms with van der Waals surface area (Å²) < 4.78 is 76.5. The number of hydrogen-bond donors (Lipinski definition) is 8. The van der Waals surface area contributed by atoms with Crippen LogP contribution in [0.1, 0.15) is 0 Å². The molecule has 0 unspecified atom stereocenters. The third-order valence-electron chi connectivity index (χ3n) is 5.45. The van der Waals surface area contributed by atoms with Crippen molar-refractivity contribution in [2.75, 3.05) is 109 Å². The summed E-state index contributed by atoms with van der Waals surface area (Å²) in [5.41, 5.74) is 0.980. The van der Waals surface area contributed by atoms with Crippen LogP contribution in [-0.2, 0) is 29.7 Å². The van der Waals surface area contributed by atoms with Crippen molar-refractivity contribution in [3.05, 3.63) is 24.3 Å². The van der Waals surface area contributed by atoms with Gasteiger partial charge in [-0.3, -0.25) is 0 Å². The summed E-state index contributed by atoms with van der Waals surface area (Å²) in [6.45, 7) is 0.581. The van der Waals surface area contributed by atoms with Crippen LogP contribution in [0.25, 0.3) is 0 Å². The van der Waals surface area contributed by atoms with Gasteiger partial charge in [0.1, 0.15) is 0 Å². The van der Waals surface area contributed by atoms with Crippen molar-refractivity contribution < 1.29 is 105 Å². The van der Waals surface area contributed by atoms with Crippen LogP contribution in [0.5, 0.6) is 0 Å². The first kappa shape index (κ1) is 45.7. The van der Waals surface area contributed by atoms with Gasteiger partial charge in [-0.15, -0.1) is 0 Å². The number of aromatic nitrogens is 6.